The van der Waals surface area contributed by atoms with E-state index < -0.39 is 0 Å². The summed E-state index contributed by atoms with van der Waals surface area (Å²) < 4.78 is 0. The molecule has 4 rings (SSSR count). The van der Waals surface area contributed by atoms with Crippen molar-refractivity contribution in [3.63, 3.8) is 0 Å². The number of carbonyl (C=O) groups is 2. The fourth-order valence-electron chi connectivity index (χ4n) is 4.46. The smallest absolute Gasteiger partial charge is 0.238 e. The molecule has 2 amide bonds. The maximum atomic E-state index is 12.6. The van der Waals surface area contributed by atoms with E-state index in [2.05, 4.69) is 0 Å². The average Bonchev–Trinajstić information content (AvgIpc) is 3.08. The first kappa shape index (κ1) is 11.9. The fraction of sp³-hybridized carbons (Fsp3) is 0.500. The molecule has 0 unspecified atom stereocenters. The van der Waals surface area contributed by atoms with Crippen LogP contribution in [0, 0.1) is 30.6 Å². The van der Waals surface area contributed by atoms with E-state index in [1.54, 1.807) is 18.2 Å². The van der Waals surface area contributed by atoms with Crippen molar-refractivity contribution in [1.29, 1.82) is 0 Å². The van der Waals surface area contributed by atoms with Crippen LogP contribution in [0.3, 0.4) is 0 Å². The first-order valence-electron chi connectivity index (χ1n) is 7.25. The second-order valence-corrected chi connectivity index (χ2v) is 6.39. The van der Waals surface area contributed by atoms with Crippen molar-refractivity contribution in [2.24, 2.45) is 23.7 Å². The second-order valence-electron chi connectivity index (χ2n) is 6.39. The van der Waals surface area contributed by atoms with Gasteiger partial charge in [0.25, 0.3) is 0 Å². The van der Waals surface area contributed by atoms with Crippen LogP contribution in [-0.4, -0.2) is 16.9 Å². The molecule has 4 heteroatoms. The molecule has 4 atom stereocenters. The molecule has 4 nitrogen and oxygen atoms in total. The Morgan fingerprint density at radius 2 is 1.70 bits per heavy atom. The monoisotopic (exact) mass is 271 g/mol. The van der Waals surface area contributed by atoms with Gasteiger partial charge < -0.3 is 5.11 Å². The van der Waals surface area contributed by atoms with Crippen molar-refractivity contribution in [2.75, 3.05) is 4.90 Å². The van der Waals surface area contributed by atoms with Gasteiger partial charge in [0.2, 0.25) is 11.8 Å². The summed E-state index contributed by atoms with van der Waals surface area (Å²) >= 11 is 0. The number of imide groups is 1. The predicted octanol–water partition coefficient (Wildman–Crippen LogP) is 2.24. The molecular formula is C16H17NO3. The minimum Gasteiger partial charge on any atom is -0.506 e. The van der Waals surface area contributed by atoms with Crippen LogP contribution in [0.15, 0.2) is 18.2 Å². The van der Waals surface area contributed by atoms with E-state index in [0.29, 0.717) is 17.5 Å². The minimum absolute atomic E-state index is 0.00428. The number of aryl methyl sites for hydroxylation is 1. The molecule has 20 heavy (non-hydrogen) atoms. The van der Waals surface area contributed by atoms with Gasteiger partial charge >= 0.3 is 0 Å². The number of nitrogens with zero attached hydrogens (tertiary/aromatic N) is 1. The quantitative estimate of drug-likeness (QED) is 0.797. The van der Waals surface area contributed by atoms with Crippen molar-refractivity contribution in [3.05, 3.63) is 23.8 Å². The maximum absolute atomic E-state index is 12.6. The first-order chi connectivity index (χ1) is 9.58. The van der Waals surface area contributed by atoms with Crippen LogP contribution < -0.4 is 4.90 Å². The van der Waals surface area contributed by atoms with Crippen LogP contribution in [0.2, 0.25) is 0 Å². The molecule has 1 N–H and O–H groups in total. The van der Waals surface area contributed by atoms with Gasteiger partial charge in [-0.3, -0.25) is 9.59 Å². The Labute approximate surface area is 117 Å². The number of fused-ring (bicyclic) bond motifs is 5. The molecule has 1 aliphatic heterocycles. The summed E-state index contributed by atoms with van der Waals surface area (Å²) in [7, 11) is 0. The lowest BCUT2D eigenvalue weighted by Crippen LogP contribution is -2.32. The molecular weight excluding hydrogens is 254 g/mol. The molecule has 0 aromatic heterocycles. The Hall–Kier alpha value is -1.84. The van der Waals surface area contributed by atoms with Crippen molar-refractivity contribution in [3.8, 4) is 5.75 Å². The molecule has 1 aromatic rings. The van der Waals surface area contributed by atoms with Gasteiger partial charge in [-0.05, 0) is 55.7 Å². The Morgan fingerprint density at radius 1 is 1.10 bits per heavy atom. The topological polar surface area (TPSA) is 57.6 Å². The van der Waals surface area contributed by atoms with Crippen LogP contribution in [-0.2, 0) is 9.59 Å². The number of phenolic OH excluding ortho intramolecular Hbond substituents is 1. The highest BCUT2D eigenvalue weighted by Crippen LogP contribution is 2.57. The second kappa shape index (κ2) is 3.84. The molecule has 2 aliphatic carbocycles. The predicted molar refractivity (Wildman–Crippen MR) is 73.1 cm³/mol. The Kier molecular flexibility index (Phi) is 2.29. The number of aromatic hydroxyl groups is 1. The Bertz CT molecular complexity index is 596. The molecule has 2 bridgehead atoms. The van der Waals surface area contributed by atoms with Crippen molar-refractivity contribution in [1.82, 2.24) is 0 Å². The van der Waals surface area contributed by atoms with E-state index in [0.717, 1.165) is 24.8 Å². The molecule has 3 aliphatic rings. The molecule has 104 valence electrons. The number of phenols is 1. The highest BCUT2D eigenvalue weighted by Gasteiger charge is 2.61. The van der Waals surface area contributed by atoms with Crippen LogP contribution in [0.4, 0.5) is 5.69 Å². The van der Waals surface area contributed by atoms with Crippen molar-refractivity contribution in [2.45, 2.75) is 26.2 Å². The maximum Gasteiger partial charge on any atom is 0.238 e. The van der Waals surface area contributed by atoms with Crippen LogP contribution >= 0.6 is 0 Å². The Balaban J connectivity index is 1.79. The number of anilines is 1. The van der Waals surface area contributed by atoms with Crippen LogP contribution in [0.5, 0.6) is 5.75 Å². The van der Waals surface area contributed by atoms with Gasteiger partial charge in [0.15, 0.2) is 0 Å². The molecule has 2 saturated carbocycles. The van der Waals surface area contributed by atoms with Gasteiger partial charge in [0.1, 0.15) is 5.75 Å². The third-order valence-electron chi connectivity index (χ3n) is 5.30. The van der Waals surface area contributed by atoms with Crippen LogP contribution in [0.25, 0.3) is 0 Å². The molecule has 0 radical (unpaired) electrons. The number of amides is 2. The number of hydrogen-bond donors (Lipinski definition) is 1. The lowest BCUT2D eigenvalue weighted by molar-refractivity contribution is -0.123. The van der Waals surface area contributed by atoms with Gasteiger partial charge in [0, 0.05) is 0 Å². The highest BCUT2D eigenvalue weighted by atomic mass is 16.3. The number of benzene rings is 1. The van der Waals surface area contributed by atoms with E-state index in [4.69, 9.17) is 0 Å². The van der Waals surface area contributed by atoms with E-state index in [9.17, 15) is 14.7 Å². The van der Waals surface area contributed by atoms with E-state index >= 15 is 0 Å². The van der Waals surface area contributed by atoms with Gasteiger partial charge in [0.05, 0.1) is 17.5 Å². The number of rotatable bonds is 1. The Morgan fingerprint density at radius 3 is 2.30 bits per heavy atom. The minimum atomic E-state index is -0.138. The molecule has 1 heterocycles. The van der Waals surface area contributed by atoms with Gasteiger partial charge in [-0.15, -0.1) is 0 Å². The van der Waals surface area contributed by atoms with Crippen LogP contribution in [0.1, 0.15) is 24.8 Å². The first-order valence-corrected chi connectivity index (χ1v) is 7.25. The van der Waals surface area contributed by atoms with E-state index in [1.165, 1.54) is 4.90 Å². The lowest BCUT2D eigenvalue weighted by atomic mass is 9.81. The number of hydrogen-bond acceptors (Lipinski definition) is 3. The normalized spacial score (nSPS) is 35.0. The van der Waals surface area contributed by atoms with Gasteiger partial charge in [-0.25, -0.2) is 4.90 Å². The number of carbonyl (C=O) groups excluding carboxylic acids is 2. The van der Waals surface area contributed by atoms with E-state index in [1.807, 2.05) is 6.92 Å². The zero-order chi connectivity index (χ0) is 14.0. The molecule has 1 aromatic carbocycles. The summed E-state index contributed by atoms with van der Waals surface area (Å²) in [4.78, 5) is 26.5. The third kappa shape index (κ3) is 1.37. The van der Waals surface area contributed by atoms with Gasteiger partial charge in [-0.1, -0.05) is 6.07 Å². The van der Waals surface area contributed by atoms with Crippen molar-refractivity contribution < 1.29 is 14.7 Å². The van der Waals surface area contributed by atoms with Crippen molar-refractivity contribution >= 4 is 17.5 Å². The third-order valence-corrected chi connectivity index (χ3v) is 5.30. The summed E-state index contributed by atoms with van der Waals surface area (Å²) in [6.07, 6.45) is 3.16. The zero-order valence-electron chi connectivity index (χ0n) is 11.4. The van der Waals surface area contributed by atoms with E-state index in [-0.39, 0.29) is 29.4 Å². The zero-order valence-corrected chi connectivity index (χ0v) is 11.4. The standard InChI is InChI=1S/C16H17NO3/c1-8-2-5-12(18)11(6-8)17-15(19)13-9-3-4-10(7-9)14(13)16(17)20/h2,5-6,9-10,13-14,18H,3-4,7H2,1H3/t9-,10-,13+,14+/m0/s1. The summed E-state index contributed by atoms with van der Waals surface area (Å²) in [5.41, 5.74) is 1.28. The lowest BCUT2D eigenvalue weighted by Gasteiger charge is -2.19. The fourth-order valence-corrected chi connectivity index (χ4v) is 4.46. The summed E-state index contributed by atoms with van der Waals surface area (Å²) in [6, 6.07) is 5.04. The average molecular weight is 271 g/mol. The highest BCUT2D eigenvalue weighted by molar-refractivity contribution is 6.23. The summed E-state index contributed by atoms with van der Waals surface area (Å²) in [5, 5.41) is 10.00. The molecule has 3 fully saturated rings. The molecule has 1 saturated heterocycles. The summed E-state index contributed by atoms with van der Waals surface area (Å²) in [5.74, 6) is 0.268. The summed E-state index contributed by atoms with van der Waals surface area (Å²) in [6.45, 7) is 1.89. The van der Waals surface area contributed by atoms with Gasteiger partial charge in [-0.2, -0.15) is 0 Å². The largest absolute Gasteiger partial charge is 0.506 e. The molecule has 0 spiro atoms. The SMILES string of the molecule is Cc1ccc(O)c(N2C(=O)[C@@H]3[C@H]4CC[C@@H](C4)[C@H]3C2=O)c1.